The summed E-state index contributed by atoms with van der Waals surface area (Å²) in [5.41, 5.74) is 2.25. The summed E-state index contributed by atoms with van der Waals surface area (Å²) >= 11 is 0. The number of anilines is 2. The second-order valence-electron chi connectivity index (χ2n) is 4.50. The monoisotopic (exact) mass is 283 g/mol. The maximum atomic E-state index is 12.0. The van der Waals surface area contributed by atoms with Crippen molar-refractivity contribution in [3.05, 3.63) is 60.2 Å². The van der Waals surface area contributed by atoms with Crippen molar-refractivity contribution in [3.8, 4) is 0 Å². The Morgan fingerprint density at radius 2 is 1.62 bits per heavy atom. The summed E-state index contributed by atoms with van der Waals surface area (Å²) in [6, 6.07) is 16.2. The highest BCUT2D eigenvalue weighted by atomic mass is 16.2. The number of carbonyl (C=O) groups is 2. The van der Waals surface area contributed by atoms with E-state index in [1.807, 2.05) is 36.4 Å². The summed E-state index contributed by atoms with van der Waals surface area (Å²) in [5.74, 6) is -0.0988. The average Bonchev–Trinajstić information content (AvgIpc) is 2.48. The molecule has 5 nitrogen and oxygen atoms in total. The van der Waals surface area contributed by atoms with Crippen LogP contribution in [0.5, 0.6) is 0 Å². The summed E-state index contributed by atoms with van der Waals surface area (Å²) in [4.78, 5) is 23.2. The topological polar surface area (TPSA) is 70.2 Å². The van der Waals surface area contributed by atoms with Crippen molar-refractivity contribution in [2.75, 3.05) is 17.7 Å². The van der Waals surface area contributed by atoms with Crippen molar-refractivity contribution in [1.29, 1.82) is 0 Å². The standard InChI is InChI=1S/C16H17N3O2/c1-17-16(21)19-14-9-5-6-12(10-14)11-15(20)18-13-7-3-2-4-8-13/h2-10H,11H2,1H3,(H,18,20)(H2,17,19,21). The van der Waals surface area contributed by atoms with E-state index in [1.54, 1.807) is 25.2 Å². The minimum atomic E-state index is -0.291. The second kappa shape index (κ2) is 7.09. The van der Waals surface area contributed by atoms with Gasteiger partial charge in [0, 0.05) is 18.4 Å². The molecule has 3 N–H and O–H groups in total. The fourth-order valence-corrected chi connectivity index (χ4v) is 1.86. The van der Waals surface area contributed by atoms with Crippen LogP contribution in [0.3, 0.4) is 0 Å². The zero-order valence-corrected chi connectivity index (χ0v) is 11.7. The molecule has 0 saturated heterocycles. The smallest absolute Gasteiger partial charge is 0.318 e. The van der Waals surface area contributed by atoms with Crippen molar-refractivity contribution in [3.63, 3.8) is 0 Å². The van der Waals surface area contributed by atoms with Gasteiger partial charge >= 0.3 is 6.03 Å². The lowest BCUT2D eigenvalue weighted by Gasteiger charge is -2.08. The van der Waals surface area contributed by atoms with E-state index in [0.717, 1.165) is 11.3 Å². The van der Waals surface area contributed by atoms with Gasteiger partial charge in [-0.25, -0.2) is 4.79 Å². The van der Waals surface area contributed by atoms with Gasteiger partial charge in [0.2, 0.25) is 5.91 Å². The molecule has 0 unspecified atom stereocenters. The molecule has 0 spiro atoms. The summed E-state index contributed by atoms with van der Waals surface area (Å²) < 4.78 is 0. The maximum absolute atomic E-state index is 12.0. The van der Waals surface area contributed by atoms with Gasteiger partial charge in [0.05, 0.1) is 6.42 Å². The fraction of sp³-hybridized carbons (Fsp3) is 0.125. The average molecular weight is 283 g/mol. The molecule has 0 aliphatic heterocycles. The molecule has 2 rings (SSSR count). The van der Waals surface area contributed by atoms with Gasteiger partial charge in [-0.2, -0.15) is 0 Å². The minimum absolute atomic E-state index is 0.0988. The molecule has 0 aliphatic carbocycles. The lowest BCUT2D eigenvalue weighted by Crippen LogP contribution is -2.24. The summed E-state index contributed by atoms with van der Waals surface area (Å²) in [7, 11) is 1.55. The molecule has 0 radical (unpaired) electrons. The predicted molar refractivity (Wildman–Crippen MR) is 83.3 cm³/mol. The van der Waals surface area contributed by atoms with Crippen molar-refractivity contribution < 1.29 is 9.59 Å². The number of urea groups is 1. The van der Waals surface area contributed by atoms with Crippen molar-refractivity contribution in [1.82, 2.24) is 5.32 Å². The second-order valence-corrected chi connectivity index (χ2v) is 4.50. The van der Waals surface area contributed by atoms with Crippen LogP contribution in [0.15, 0.2) is 54.6 Å². The molecule has 0 aromatic heterocycles. The number of nitrogens with one attached hydrogen (secondary N) is 3. The van der Waals surface area contributed by atoms with E-state index in [-0.39, 0.29) is 18.4 Å². The molecule has 0 fully saturated rings. The van der Waals surface area contributed by atoms with E-state index >= 15 is 0 Å². The molecule has 0 aliphatic rings. The lowest BCUT2D eigenvalue weighted by atomic mass is 10.1. The van der Waals surface area contributed by atoms with Crippen molar-refractivity contribution >= 4 is 23.3 Å². The van der Waals surface area contributed by atoms with Crippen molar-refractivity contribution in [2.24, 2.45) is 0 Å². The Balaban J connectivity index is 1.97. The third kappa shape index (κ3) is 4.65. The Morgan fingerprint density at radius 1 is 0.905 bits per heavy atom. The van der Waals surface area contributed by atoms with Crippen LogP contribution in [0.4, 0.5) is 16.2 Å². The van der Waals surface area contributed by atoms with Crippen LogP contribution >= 0.6 is 0 Å². The molecule has 3 amide bonds. The third-order valence-corrected chi connectivity index (χ3v) is 2.83. The molecule has 5 heteroatoms. The van der Waals surface area contributed by atoms with Gasteiger partial charge in [-0.05, 0) is 29.8 Å². The van der Waals surface area contributed by atoms with Gasteiger partial charge in [-0.15, -0.1) is 0 Å². The highest BCUT2D eigenvalue weighted by Crippen LogP contribution is 2.12. The van der Waals surface area contributed by atoms with Crippen LogP contribution in [0.1, 0.15) is 5.56 Å². The third-order valence-electron chi connectivity index (χ3n) is 2.83. The van der Waals surface area contributed by atoms with Crippen LogP contribution in [-0.2, 0) is 11.2 Å². The van der Waals surface area contributed by atoms with Gasteiger partial charge < -0.3 is 16.0 Å². The highest BCUT2D eigenvalue weighted by Gasteiger charge is 2.05. The van der Waals surface area contributed by atoms with E-state index < -0.39 is 0 Å². The molecule has 0 heterocycles. The number of hydrogen-bond donors (Lipinski definition) is 3. The largest absolute Gasteiger partial charge is 0.341 e. The molecular formula is C16H17N3O2. The minimum Gasteiger partial charge on any atom is -0.341 e. The molecule has 0 atom stereocenters. The highest BCUT2D eigenvalue weighted by molar-refractivity contribution is 5.93. The molecule has 108 valence electrons. The van der Waals surface area contributed by atoms with Gasteiger partial charge in [0.15, 0.2) is 0 Å². The van der Waals surface area contributed by atoms with Gasteiger partial charge in [-0.1, -0.05) is 30.3 Å². The first-order valence-corrected chi connectivity index (χ1v) is 6.60. The van der Waals surface area contributed by atoms with Crippen molar-refractivity contribution in [2.45, 2.75) is 6.42 Å². The van der Waals surface area contributed by atoms with E-state index in [4.69, 9.17) is 0 Å². The number of amides is 3. The number of rotatable bonds is 4. The Morgan fingerprint density at radius 3 is 2.33 bits per heavy atom. The Labute approximate surface area is 123 Å². The molecule has 21 heavy (non-hydrogen) atoms. The Kier molecular flexibility index (Phi) is 4.93. The van der Waals surface area contributed by atoms with Crippen LogP contribution in [0, 0.1) is 0 Å². The van der Waals surface area contributed by atoms with Crippen LogP contribution in [-0.4, -0.2) is 19.0 Å². The number of hydrogen-bond acceptors (Lipinski definition) is 2. The van der Waals surface area contributed by atoms with Crippen LogP contribution in [0.2, 0.25) is 0 Å². The Hall–Kier alpha value is -2.82. The zero-order chi connectivity index (χ0) is 15.1. The fourth-order valence-electron chi connectivity index (χ4n) is 1.86. The normalized spacial score (nSPS) is 9.76. The first-order chi connectivity index (χ1) is 10.2. The molecule has 0 bridgehead atoms. The Bertz CT molecular complexity index is 626. The van der Waals surface area contributed by atoms with Crippen LogP contribution in [0.25, 0.3) is 0 Å². The zero-order valence-electron chi connectivity index (χ0n) is 11.7. The van der Waals surface area contributed by atoms with E-state index in [2.05, 4.69) is 16.0 Å². The molecule has 0 saturated carbocycles. The number of para-hydroxylation sites is 1. The van der Waals surface area contributed by atoms with E-state index in [0.29, 0.717) is 5.69 Å². The first kappa shape index (κ1) is 14.6. The maximum Gasteiger partial charge on any atom is 0.318 e. The lowest BCUT2D eigenvalue weighted by molar-refractivity contribution is -0.115. The van der Waals surface area contributed by atoms with Gasteiger partial charge in [0.25, 0.3) is 0 Å². The number of benzene rings is 2. The SMILES string of the molecule is CNC(=O)Nc1cccc(CC(=O)Nc2ccccc2)c1. The first-order valence-electron chi connectivity index (χ1n) is 6.60. The predicted octanol–water partition coefficient (Wildman–Crippen LogP) is 2.62. The van der Waals surface area contributed by atoms with E-state index in [9.17, 15) is 9.59 Å². The van der Waals surface area contributed by atoms with Crippen LogP contribution < -0.4 is 16.0 Å². The van der Waals surface area contributed by atoms with Gasteiger partial charge in [0.1, 0.15) is 0 Å². The molecule has 2 aromatic rings. The van der Waals surface area contributed by atoms with E-state index in [1.165, 1.54) is 0 Å². The quantitative estimate of drug-likeness (QED) is 0.807. The summed E-state index contributed by atoms with van der Waals surface area (Å²) in [6.45, 7) is 0. The number of carbonyl (C=O) groups excluding carboxylic acids is 2. The molecular weight excluding hydrogens is 266 g/mol. The summed E-state index contributed by atoms with van der Waals surface area (Å²) in [5, 5.41) is 7.97. The van der Waals surface area contributed by atoms with Gasteiger partial charge in [-0.3, -0.25) is 4.79 Å². The summed E-state index contributed by atoms with van der Waals surface area (Å²) in [6.07, 6.45) is 0.248. The molecule has 2 aromatic carbocycles.